The van der Waals surface area contributed by atoms with Gasteiger partial charge in [-0.15, -0.1) is 0 Å². The summed E-state index contributed by atoms with van der Waals surface area (Å²) in [6, 6.07) is 7.64. The van der Waals surface area contributed by atoms with Crippen LogP contribution in [0.25, 0.3) is 0 Å². The molecule has 0 fully saturated rings. The Labute approximate surface area is 83.9 Å². The molecule has 1 rings (SSSR count). The van der Waals surface area contributed by atoms with Crippen LogP contribution < -0.4 is 10.5 Å². The van der Waals surface area contributed by atoms with Crippen molar-refractivity contribution in [1.82, 2.24) is 0 Å². The van der Waals surface area contributed by atoms with Crippen molar-refractivity contribution in [2.24, 2.45) is 5.73 Å². The molecule has 1 aromatic rings. The van der Waals surface area contributed by atoms with Crippen LogP contribution in [-0.2, 0) is 11.2 Å². The van der Waals surface area contributed by atoms with Crippen LogP contribution in [0.2, 0.25) is 0 Å². The molecule has 0 aliphatic rings. The van der Waals surface area contributed by atoms with E-state index in [1.165, 1.54) is 5.56 Å². The Bertz CT molecular complexity index is 306. The quantitative estimate of drug-likeness (QED) is 0.787. The van der Waals surface area contributed by atoms with Crippen LogP contribution in [-0.4, -0.2) is 12.0 Å². The molecule has 0 aromatic heterocycles. The number of ether oxygens (including phenoxy) is 1. The summed E-state index contributed by atoms with van der Waals surface area (Å²) in [4.78, 5) is 10.7. The Morgan fingerprint density at radius 3 is 2.43 bits per heavy atom. The number of primary amides is 1. The molecule has 0 bridgehead atoms. The zero-order chi connectivity index (χ0) is 10.6. The minimum Gasteiger partial charge on any atom is -0.481 e. The molecule has 0 heterocycles. The number of benzene rings is 1. The van der Waals surface area contributed by atoms with Crippen molar-refractivity contribution in [1.29, 1.82) is 0 Å². The maximum absolute atomic E-state index is 10.7. The highest BCUT2D eigenvalue weighted by atomic mass is 16.5. The topological polar surface area (TPSA) is 52.3 Å². The monoisotopic (exact) mass is 193 g/mol. The average molecular weight is 193 g/mol. The average Bonchev–Trinajstić information content (AvgIpc) is 2.19. The molecule has 0 unspecified atom stereocenters. The van der Waals surface area contributed by atoms with Crippen LogP contribution in [0.15, 0.2) is 24.3 Å². The van der Waals surface area contributed by atoms with Crippen molar-refractivity contribution >= 4 is 5.91 Å². The van der Waals surface area contributed by atoms with Gasteiger partial charge in [0.15, 0.2) is 6.10 Å². The lowest BCUT2D eigenvalue weighted by atomic mass is 10.2. The molecule has 2 N–H and O–H groups in total. The highest BCUT2D eigenvalue weighted by Gasteiger charge is 2.09. The Balaban J connectivity index is 2.64. The first kappa shape index (κ1) is 10.6. The number of hydrogen-bond donors (Lipinski definition) is 1. The van der Waals surface area contributed by atoms with Crippen molar-refractivity contribution in [2.45, 2.75) is 26.4 Å². The molecule has 0 saturated carbocycles. The summed E-state index contributed by atoms with van der Waals surface area (Å²) in [5.74, 6) is 0.220. The first-order chi connectivity index (χ1) is 6.63. The van der Waals surface area contributed by atoms with E-state index in [2.05, 4.69) is 6.92 Å². The van der Waals surface area contributed by atoms with Crippen molar-refractivity contribution in [2.75, 3.05) is 0 Å². The molecule has 0 radical (unpaired) electrons. The third-order valence-corrected chi connectivity index (χ3v) is 2.05. The minimum atomic E-state index is -0.581. The Morgan fingerprint density at radius 2 is 2.00 bits per heavy atom. The maximum Gasteiger partial charge on any atom is 0.258 e. The summed E-state index contributed by atoms with van der Waals surface area (Å²) in [5.41, 5.74) is 6.32. The first-order valence-electron chi connectivity index (χ1n) is 4.68. The van der Waals surface area contributed by atoms with E-state index in [9.17, 15) is 4.79 Å². The second-order valence-electron chi connectivity index (χ2n) is 3.16. The van der Waals surface area contributed by atoms with E-state index < -0.39 is 12.0 Å². The smallest absolute Gasteiger partial charge is 0.258 e. The Hall–Kier alpha value is -1.51. The summed E-state index contributed by atoms with van der Waals surface area (Å²) in [5, 5.41) is 0. The maximum atomic E-state index is 10.7. The van der Waals surface area contributed by atoms with Crippen molar-refractivity contribution in [3.8, 4) is 5.75 Å². The van der Waals surface area contributed by atoms with Crippen LogP contribution in [0.5, 0.6) is 5.75 Å². The summed E-state index contributed by atoms with van der Waals surface area (Å²) in [6.45, 7) is 3.72. The van der Waals surface area contributed by atoms with Gasteiger partial charge in [-0.2, -0.15) is 0 Å². The van der Waals surface area contributed by atoms with Gasteiger partial charge in [-0.25, -0.2) is 0 Å². The number of hydrogen-bond acceptors (Lipinski definition) is 2. The predicted octanol–water partition coefficient (Wildman–Crippen LogP) is 1.50. The Kier molecular flexibility index (Phi) is 3.51. The van der Waals surface area contributed by atoms with E-state index >= 15 is 0 Å². The van der Waals surface area contributed by atoms with Crippen LogP contribution in [0.1, 0.15) is 19.4 Å². The molecule has 14 heavy (non-hydrogen) atoms. The third-order valence-electron chi connectivity index (χ3n) is 2.05. The minimum absolute atomic E-state index is 0.454. The van der Waals surface area contributed by atoms with Crippen LogP contribution in [0.3, 0.4) is 0 Å². The third kappa shape index (κ3) is 2.76. The van der Waals surface area contributed by atoms with E-state index in [4.69, 9.17) is 10.5 Å². The molecule has 0 aliphatic carbocycles. The van der Waals surface area contributed by atoms with E-state index in [1.807, 2.05) is 24.3 Å². The molecule has 1 aromatic carbocycles. The normalized spacial score (nSPS) is 12.1. The number of carbonyl (C=O) groups is 1. The second kappa shape index (κ2) is 4.65. The van der Waals surface area contributed by atoms with Gasteiger partial charge in [0, 0.05) is 0 Å². The summed E-state index contributed by atoms with van der Waals surface area (Å²) in [7, 11) is 0. The zero-order valence-electron chi connectivity index (χ0n) is 8.49. The molecule has 1 atom stereocenters. The largest absolute Gasteiger partial charge is 0.481 e. The molecule has 3 heteroatoms. The number of aryl methyl sites for hydroxylation is 1. The highest BCUT2D eigenvalue weighted by Crippen LogP contribution is 2.13. The zero-order valence-corrected chi connectivity index (χ0v) is 8.49. The molecule has 76 valence electrons. The molecule has 0 spiro atoms. The van der Waals surface area contributed by atoms with Gasteiger partial charge in [0.1, 0.15) is 5.75 Å². The SMILES string of the molecule is CCc1ccc(O[C@H](C)C(N)=O)cc1. The van der Waals surface area contributed by atoms with Crippen LogP contribution in [0, 0.1) is 0 Å². The molecule has 1 amide bonds. The fourth-order valence-corrected chi connectivity index (χ4v) is 1.07. The summed E-state index contributed by atoms with van der Waals surface area (Å²) in [6.07, 6.45) is 0.411. The second-order valence-corrected chi connectivity index (χ2v) is 3.16. The highest BCUT2D eigenvalue weighted by molar-refractivity contribution is 5.78. The van der Waals surface area contributed by atoms with E-state index in [-0.39, 0.29) is 0 Å². The molecular weight excluding hydrogens is 178 g/mol. The lowest BCUT2D eigenvalue weighted by molar-refractivity contribution is -0.123. The number of nitrogens with two attached hydrogens (primary N) is 1. The van der Waals surface area contributed by atoms with Crippen LogP contribution >= 0.6 is 0 Å². The predicted molar refractivity (Wildman–Crippen MR) is 55.1 cm³/mol. The van der Waals surface area contributed by atoms with E-state index in [0.29, 0.717) is 5.75 Å². The molecule has 3 nitrogen and oxygen atoms in total. The fourth-order valence-electron chi connectivity index (χ4n) is 1.07. The first-order valence-corrected chi connectivity index (χ1v) is 4.68. The van der Waals surface area contributed by atoms with Gasteiger partial charge in [-0.05, 0) is 31.0 Å². The number of carbonyl (C=O) groups excluding carboxylic acids is 1. The van der Waals surface area contributed by atoms with Gasteiger partial charge in [-0.1, -0.05) is 19.1 Å². The van der Waals surface area contributed by atoms with Crippen molar-refractivity contribution < 1.29 is 9.53 Å². The number of rotatable bonds is 4. The van der Waals surface area contributed by atoms with E-state index in [0.717, 1.165) is 6.42 Å². The van der Waals surface area contributed by atoms with Crippen LogP contribution in [0.4, 0.5) is 0 Å². The number of amides is 1. The van der Waals surface area contributed by atoms with Gasteiger partial charge in [0.05, 0.1) is 0 Å². The van der Waals surface area contributed by atoms with Crippen molar-refractivity contribution in [3.05, 3.63) is 29.8 Å². The molecule has 0 aliphatic heterocycles. The molecular formula is C11H15NO2. The van der Waals surface area contributed by atoms with Gasteiger partial charge in [0.2, 0.25) is 0 Å². The standard InChI is InChI=1S/C11H15NO2/c1-3-9-4-6-10(7-5-9)14-8(2)11(12)13/h4-8H,3H2,1-2H3,(H2,12,13)/t8-/m1/s1. The van der Waals surface area contributed by atoms with Gasteiger partial charge in [0.25, 0.3) is 5.91 Å². The summed E-state index contributed by atoms with van der Waals surface area (Å²) >= 11 is 0. The van der Waals surface area contributed by atoms with Gasteiger partial charge < -0.3 is 10.5 Å². The lowest BCUT2D eigenvalue weighted by Crippen LogP contribution is -2.30. The lowest BCUT2D eigenvalue weighted by Gasteiger charge is -2.11. The fraction of sp³-hybridized carbons (Fsp3) is 0.364. The van der Waals surface area contributed by atoms with Gasteiger partial charge in [-0.3, -0.25) is 4.79 Å². The summed E-state index contributed by atoms with van der Waals surface area (Å²) < 4.78 is 5.30. The van der Waals surface area contributed by atoms with Crippen molar-refractivity contribution in [3.63, 3.8) is 0 Å². The van der Waals surface area contributed by atoms with E-state index in [1.54, 1.807) is 6.92 Å². The molecule has 0 saturated heterocycles. The Morgan fingerprint density at radius 1 is 1.43 bits per heavy atom. The van der Waals surface area contributed by atoms with Gasteiger partial charge >= 0.3 is 0 Å².